The first-order chi connectivity index (χ1) is 16.9. The first-order valence-corrected chi connectivity index (χ1v) is 15.2. The smallest absolute Gasteiger partial charge is 0.274 e. The Hall–Kier alpha value is -2.82. The molecule has 3 aromatic rings. The highest BCUT2D eigenvalue weighted by atomic mass is 35.5. The third-order valence-corrected chi connectivity index (χ3v) is 9.52. The van der Waals surface area contributed by atoms with Gasteiger partial charge in [0.05, 0.1) is 28.5 Å². The minimum Gasteiger partial charge on any atom is -0.329 e. The quantitative estimate of drug-likeness (QED) is 0.415. The molecule has 0 radical (unpaired) electrons. The van der Waals surface area contributed by atoms with E-state index in [1.54, 1.807) is 18.2 Å². The molecule has 1 aromatic heterocycles. The van der Waals surface area contributed by atoms with Crippen LogP contribution in [0, 0.1) is 13.8 Å². The molecular formula is C25H26ClN3O5S2. The van der Waals surface area contributed by atoms with Crippen LogP contribution in [0.15, 0.2) is 59.9 Å². The molecule has 0 spiro atoms. The predicted octanol–water partition coefficient (Wildman–Crippen LogP) is 3.55. The highest BCUT2D eigenvalue weighted by Gasteiger charge is 2.36. The van der Waals surface area contributed by atoms with Gasteiger partial charge in [-0.25, -0.2) is 26.8 Å². The van der Waals surface area contributed by atoms with Gasteiger partial charge in [0, 0.05) is 12.6 Å². The Morgan fingerprint density at radius 3 is 2.44 bits per heavy atom. The van der Waals surface area contributed by atoms with Crippen molar-refractivity contribution in [3.05, 3.63) is 87.7 Å². The lowest BCUT2D eigenvalue weighted by molar-refractivity contribution is 0.0674. The van der Waals surface area contributed by atoms with Gasteiger partial charge >= 0.3 is 0 Å². The summed E-state index contributed by atoms with van der Waals surface area (Å²) >= 11 is 6.27. The zero-order chi connectivity index (χ0) is 26.1. The second-order valence-electron chi connectivity index (χ2n) is 9.07. The van der Waals surface area contributed by atoms with E-state index in [1.807, 2.05) is 44.2 Å². The van der Waals surface area contributed by atoms with E-state index in [-0.39, 0.29) is 40.9 Å². The molecule has 190 valence electrons. The molecule has 8 nitrogen and oxygen atoms in total. The zero-order valence-electron chi connectivity index (χ0n) is 19.9. The normalized spacial score (nSPS) is 17.1. The minimum atomic E-state index is -3.98. The van der Waals surface area contributed by atoms with Crippen molar-refractivity contribution in [3.63, 3.8) is 0 Å². The Bertz CT molecular complexity index is 1510. The van der Waals surface area contributed by atoms with Crippen molar-refractivity contribution in [1.29, 1.82) is 0 Å². The monoisotopic (exact) mass is 547 g/mol. The number of benzene rings is 2. The van der Waals surface area contributed by atoms with Gasteiger partial charge in [-0.15, -0.1) is 0 Å². The fraction of sp³-hybridized carbons (Fsp3) is 0.320. The van der Waals surface area contributed by atoms with Gasteiger partial charge in [-0.2, -0.15) is 0 Å². The van der Waals surface area contributed by atoms with Gasteiger partial charge in [0.2, 0.25) is 15.0 Å². The molecule has 1 amide bonds. The largest absolute Gasteiger partial charge is 0.329 e. The van der Waals surface area contributed by atoms with Crippen LogP contribution in [0.3, 0.4) is 0 Å². The molecule has 1 aliphatic heterocycles. The summed E-state index contributed by atoms with van der Waals surface area (Å²) in [5.74, 6) is -1.18. The molecule has 0 bridgehead atoms. The standard InChI is InChI=1S/C25H26ClN3O5S2/c1-17-6-8-19(9-7-17)14-29(21-10-11-35(31,32)16-21)24(30)23-22(26)13-27-25(28-23)36(33,34)15-20-5-3-4-18(2)12-20/h3-9,12-13,21H,10-11,14-16H2,1-2H3. The second-order valence-corrected chi connectivity index (χ2v) is 13.6. The molecule has 1 unspecified atom stereocenters. The molecule has 11 heteroatoms. The minimum absolute atomic E-state index is 0.0248. The fourth-order valence-corrected chi connectivity index (χ4v) is 7.24. The van der Waals surface area contributed by atoms with Gasteiger partial charge in [-0.05, 0) is 31.4 Å². The predicted molar refractivity (Wildman–Crippen MR) is 137 cm³/mol. The average Bonchev–Trinajstić information content (AvgIpc) is 3.17. The van der Waals surface area contributed by atoms with Crippen LogP contribution < -0.4 is 0 Å². The number of rotatable bonds is 7. The van der Waals surface area contributed by atoms with E-state index in [9.17, 15) is 21.6 Å². The Labute approximate surface area is 216 Å². The molecule has 2 heterocycles. The molecule has 4 rings (SSSR count). The lowest BCUT2D eigenvalue weighted by atomic mass is 10.1. The van der Waals surface area contributed by atoms with Gasteiger partial charge in [0.1, 0.15) is 0 Å². The molecule has 1 atom stereocenters. The van der Waals surface area contributed by atoms with Crippen LogP contribution in [-0.4, -0.2) is 55.2 Å². The van der Waals surface area contributed by atoms with E-state index >= 15 is 0 Å². The summed E-state index contributed by atoms with van der Waals surface area (Å²) in [6, 6.07) is 14.0. The molecule has 2 aromatic carbocycles. The number of amides is 1. The first-order valence-electron chi connectivity index (χ1n) is 11.3. The van der Waals surface area contributed by atoms with Crippen LogP contribution in [0.25, 0.3) is 0 Å². The Morgan fingerprint density at radius 1 is 1.08 bits per heavy atom. The van der Waals surface area contributed by atoms with Crippen molar-refractivity contribution in [2.45, 2.75) is 43.8 Å². The van der Waals surface area contributed by atoms with E-state index in [0.29, 0.717) is 5.56 Å². The SMILES string of the molecule is Cc1ccc(CN(C(=O)c2nc(S(=O)(=O)Cc3cccc(C)c3)ncc2Cl)C2CCS(=O)(=O)C2)cc1. The number of hydrogen-bond acceptors (Lipinski definition) is 7. The van der Waals surface area contributed by atoms with Crippen LogP contribution in [-0.2, 0) is 32.0 Å². The maximum absolute atomic E-state index is 13.7. The topological polar surface area (TPSA) is 114 Å². The number of carbonyl (C=O) groups excluding carboxylic acids is 1. The van der Waals surface area contributed by atoms with Crippen molar-refractivity contribution in [3.8, 4) is 0 Å². The van der Waals surface area contributed by atoms with E-state index in [2.05, 4.69) is 9.97 Å². The van der Waals surface area contributed by atoms with Crippen LogP contribution in [0.5, 0.6) is 0 Å². The summed E-state index contributed by atoms with van der Waals surface area (Å²) in [7, 11) is -7.27. The van der Waals surface area contributed by atoms with Crippen molar-refractivity contribution in [2.75, 3.05) is 11.5 Å². The van der Waals surface area contributed by atoms with E-state index in [1.165, 1.54) is 4.90 Å². The lowest BCUT2D eigenvalue weighted by Gasteiger charge is -2.28. The van der Waals surface area contributed by atoms with Crippen LogP contribution in [0.4, 0.5) is 0 Å². The van der Waals surface area contributed by atoms with Crippen molar-refractivity contribution in [1.82, 2.24) is 14.9 Å². The summed E-state index contributed by atoms with van der Waals surface area (Å²) in [5, 5.41) is -0.615. The van der Waals surface area contributed by atoms with Crippen molar-refractivity contribution >= 4 is 37.2 Å². The third kappa shape index (κ3) is 6.11. The highest BCUT2D eigenvalue weighted by Crippen LogP contribution is 2.25. The molecular weight excluding hydrogens is 522 g/mol. The third-order valence-electron chi connectivity index (χ3n) is 6.03. The van der Waals surface area contributed by atoms with Gasteiger partial charge < -0.3 is 4.90 Å². The molecule has 1 aliphatic rings. The van der Waals surface area contributed by atoms with E-state index in [4.69, 9.17) is 11.6 Å². The average molecular weight is 548 g/mol. The van der Waals surface area contributed by atoms with E-state index in [0.717, 1.165) is 22.9 Å². The summed E-state index contributed by atoms with van der Waals surface area (Å²) in [5.41, 5.74) is 3.05. The maximum atomic E-state index is 13.7. The second kappa shape index (κ2) is 10.3. The number of hydrogen-bond donors (Lipinski definition) is 0. The Morgan fingerprint density at radius 2 is 1.81 bits per heavy atom. The highest BCUT2D eigenvalue weighted by molar-refractivity contribution is 7.91. The molecule has 0 aliphatic carbocycles. The fourth-order valence-electron chi connectivity index (χ4n) is 4.15. The van der Waals surface area contributed by atoms with Gasteiger partial charge in [0.25, 0.3) is 5.91 Å². The number of aromatic nitrogens is 2. The van der Waals surface area contributed by atoms with E-state index < -0.39 is 36.8 Å². The summed E-state index contributed by atoms with van der Waals surface area (Å²) in [6.07, 6.45) is 1.38. The summed E-state index contributed by atoms with van der Waals surface area (Å²) in [6.45, 7) is 3.93. The van der Waals surface area contributed by atoms with Crippen LogP contribution >= 0.6 is 11.6 Å². The number of halogens is 1. The first kappa shape index (κ1) is 26.2. The number of carbonyl (C=O) groups is 1. The Kier molecular flexibility index (Phi) is 7.49. The number of sulfone groups is 2. The van der Waals surface area contributed by atoms with Crippen molar-refractivity contribution < 1.29 is 21.6 Å². The zero-order valence-corrected chi connectivity index (χ0v) is 22.3. The molecule has 0 saturated carbocycles. The van der Waals surface area contributed by atoms with Crippen LogP contribution in [0.1, 0.15) is 39.2 Å². The summed E-state index contributed by atoms with van der Waals surface area (Å²) < 4.78 is 50.5. The lowest BCUT2D eigenvalue weighted by Crippen LogP contribution is -2.41. The molecule has 1 saturated heterocycles. The van der Waals surface area contributed by atoms with Gasteiger partial charge in [-0.1, -0.05) is 71.3 Å². The maximum Gasteiger partial charge on any atom is 0.274 e. The van der Waals surface area contributed by atoms with Crippen molar-refractivity contribution in [2.24, 2.45) is 0 Å². The number of aryl methyl sites for hydroxylation is 2. The molecule has 1 fully saturated rings. The van der Waals surface area contributed by atoms with Gasteiger partial charge in [0.15, 0.2) is 15.5 Å². The van der Waals surface area contributed by atoms with Crippen LogP contribution in [0.2, 0.25) is 5.02 Å². The van der Waals surface area contributed by atoms with Gasteiger partial charge in [-0.3, -0.25) is 4.79 Å². The molecule has 36 heavy (non-hydrogen) atoms. The number of nitrogens with zero attached hydrogens (tertiary/aromatic N) is 3. The Balaban J connectivity index is 1.68. The molecule has 0 N–H and O–H groups in total. The summed E-state index contributed by atoms with van der Waals surface area (Å²) in [4.78, 5) is 23.1.